The molecule has 2 aromatic carbocycles. The average Bonchev–Trinajstić information content (AvgIpc) is 2.40. The molecule has 0 spiro atoms. The number of nitrogens with one attached hydrogen (secondary N) is 1. The fourth-order valence-electron chi connectivity index (χ4n) is 1.51. The lowest BCUT2D eigenvalue weighted by atomic mass is 10.1. The van der Waals surface area contributed by atoms with Gasteiger partial charge in [0.25, 0.3) is 0 Å². The van der Waals surface area contributed by atoms with Crippen molar-refractivity contribution in [1.29, 1.82) is 0 Å². The van der Waals surface area contributed by atoms with Crippen LogP contribution in [0.2, 0.25) is 0 Å². The Morgan fingerprint density at radius 1 is 0.947 bits per heavy atom. The summed E-state index contributed by atoms with van der Waals surface area (Å²) in [6.07, 6.45) is 0. The molecule has 0 atom stereocenters. The summed E-state index contributed by atoms with van der Waals surface area (Å²) in [4.78, 5) is 0. The fraction of sp³-hybridized carbons (Fsp3) is 0.0714. The molecule has 0 unspecified atom stereocenters. The molecule has 0 radical (unpaired) electrons. The molecular weight excluding hydrogens is 253 g/mol. The van der Waals surface area contributed by atoms with Gasteiger partial charge in [-0.15, -0.1) is 0 Å². The number of anilines is 1. The van der Waals surface area contributed by atoms with Gasteiger partial charge in [-0.3, -0.25) is 5.43 Å². The summed E-state index contributed by atoms with van der Waals surface area (Å²) < 4.78 is 39.2. The van der Waals surface area contributed by atoms with E-state index >= 15 is 0 Å². The fourth-order valence-corrected chi connectivity index (χ4v) is 1.51. The van der Waals surface area contributed by atoms with Crippen molar-refractivity contribution < 1.29 is 13.2 Å². The van der Waals surface area contributed by atoms with Crippen molar-refractivity contribution in [2.75, 3.05) is 5.43 Å². The zero-order valence-electron chi connectivity index (χ0n) is 10.1. The molecule has 2 aromatic rings. The van der Waals surface area contributed by atoms with Gasteiger partial charge in [0.1, 0.15) is 17.5 Å². The van der Waals surface area contributed by atoms with E-state index in [2.05, 4.69) is 10.5 Å². The van der Waals surface area contributed by atoms with Gasteiger partial charge in [0.05, 0.1) is 11.4 Å². The third-order valence-electron chi connectivity index (χ3n) is 2.52. The first-order chi connectivity index (χ1) is 9.06. The van der Waals surface area contributed by atoms with Crippen LogP contribution in [0.3, 0.4) is 0 Å². The van der Waals surface area contributed by atoms with Crippen LogP contribution >= 0.6 is 0 Å². The van der Waals surface area contributed by atoms with Crippen molar-refractivity contribution in [3.05, 3.63) is 65.5 Å². The standard InChI is InChI=1S/C14H11F3N2/c1-9(13-8-11(16)4-7-14(13)17)18-19-12-5-2-10(15)3-6-12/h2-8,19H,1H3/b18-9-. The Morgan fingerprint density at radius 3 is 2.26 bits per heavy atom. The SMILES string of the molecule is C/C(=N/Nc1ccc(F)cc1)c1cc(F)ccc1F. The monoisotopic (exact) mass is 264 g/mol. The number of rotatable bonds is 3. The highest BCUT2D eigenvalue weighted by Gasteiger charge is 2.06. The quantitative estimate of drug-likeness (QED) is 0.659. The molecule has 0 saturated heterocycles. The predicted octanol–water partition coefficient (Wildman–Crippen LogP) is 3.94. The number of hydrogen-bond donors (Lipinski definition) is 1. The van der Waals surface area contributed by atoms with Gasteiger partial charge in [-0.2, -0.15) is 5.10 Å². The Hall–Kier alpha value is -2.30. The highest BCUT2D eigenvalue weighted by atomic mass is 19.1. The average molecular weight is 264 g/mol. The van der Waals surface area contributed by atoms with Crippen molar-refractivity contribution in [2.24, 2.45) is 5.10 Å². The second-order valence-electron chi connectivity index (χ2n) is 3.94. The first kappa shape index (κ1) is 13.1. The zero-order valence-corrected chi connectivity index (χ0v) is 10.1. The van der Waals surface area contributed by atoms with Gasteiger partial charge in [-0.1, -0.05) is 0 Å². The minimum absolute atomic E-state index is 0.0783. The minimum atomic E-state index is -0.552. The van der Waals surface area contributed by atoms with E-state index in [9.17, 15) is 13.2 Å². The van der Waals surface area contributed by atoms with E-state index < -0.39 is 11.6 Å². The molecule has 0 amide bonds. The number of nitrogens with zero attached hydrogens (tertiary/aromatic N) is 1. The minimum Gasteiger partial charge on any atom is -0.278 e. The molecule has 0 heterocycles. The molecule has 19 heavy (non-hydrogen) atoms. The summed E-state index contributed by atoms with van der Waals surface area (Å²) in [6.45, 7) is 1.55. The number of hydrogen-bond acceptors (Lipinski definition) is 2. The van der Waals surface area contributed by atoms with Gasteiger partial charge in [0, 0.05) is 5.56 Å². The van der Waals surface area contributed by atoms with E-state index in [-0.39, 0.29) is 11.4 Å². The van der Waals surface area contributed by atoms with Gasteiger partial charge in [0.2, 0.25) is 0 Å². The molecule has 0 aliphatic rings. The molecule has 0 bridgehead atoms. The van der Waals surface area contributed by atoms with Crippen molar-refractivity contribution in [3.8, 4) is 0 Å². The largest absolute Gasteiger partial charge is 0.278 e. The Kier molecular flexibility index (Phi) is 3.85. The Balaban J connectivity index is 2.19. The van der Waals surface area contributed by atoms with Crippen LogP contribution in [0.1, 0.15) is 12.5 Å². The molecular formula is C14H11F3N2. The lowest BCUT2D eigenvalue weighted by Crippen LogP contribution is -2.03. The molecule has 2 nitrogen and oxygen atoms in total. The maximum Gasteiger partial charge on any atom is 0.132 e. The number of halogens is 3. The van der Waals surface area contributed by atoms with Crippen molar-refractivity contribution >= 4 is 11.4 Å². The summed E-state index contributed by atoms with van der Waals surface area (Å²) in [7, 11) is 0. The van der Waals surface area contributed by atoms with E-state index in [1.54, 1.807) is 6.92 Å². The number of benzene rings is 2. The van der Waals surface area contributed by atoms with E-state index in [1.807, 2.05) is 0 Å². The van der Waals surface area contributed by atoms with Gasteiger partial charge in [-0.25, -0.2) is 13.2 Å². The summed E-state index contributed by atoms with van der Waals surface area (Å²) in [5, 5.41) is 3.93. The van der Waals surface area contributed by atoms with Crippen LogP contribution in [-0.4, -0.2) is 5.71 Å². The van der Waals surface area contributed by atoms with Crippen LogP contribution in [0, 0.1) is 17.5 Å². The Morgan fingerprint density at radius 2 is 1.58 bits per heavy atom. The highest BCUT2D eigenvalue weighted by Crippen LogP contribution is 2.12. The Bertz CT molecular complexity index is 607. The smallest absolute Gasteiger partial charge is 0.132 e. The Labute approximate surface area is 108 Å². The molecule has 0 aromatic heterocycles. The van der Waals surface area contributed by atoms with E-state index in [1.165, 1.54) is 24.3 Å². The van der Waals surface area contributed by atoms with Gasteiger partial charge < -0.3 is 0 Å². The molecule has 0 aliphatic heterocycles. The van der Waals surface area contributed by atoms with Crippen LogP contribution in [0.15, 0.2) is 47.6 Å². The summed E-state index contributed by atoms with van der Waals surface area (Å²) in [6, 6.07) is 8.69. The third-order valence-corrected chi connectivity index (χ3v) is 2.52. The van der Waals surface area contributed by atoms with E-state index in [4.69, 9.17) is 0 Å². The number of hydrazone groups is 1. The second-order valence-corrected chi connectivity index (χ2v) is 3.94. The van der Waals surface area contributed by atoms with Crippen LogP contribution < -0.4 is 5.43 Å². The first-order valence-electron chi connectivity index (χ1n) is 5.57. The van der Waals surface area contributed by atoms with Gasteiger partial charge in [0.15, 0.2) is 0 Å². The maximum atomic E-state index is 13.5. The zero-order chi connectivity index (χ0) is 13.8. The van der Waals surface area contributed by atoms with Crippen LogP contribution in [-0.2, 0) is 0 Å². The predicted molar refractivity (Wildman–Crippen MR) is 68.6 cm³/mol. The summed E-state index contributed by atoms with van der Waals surface area (Å²) in [5.74, 6) is -1.45. The second kappa shape index (κ2) is 5.56. The molecule has 0 fully saturated rings. The molecule has 98 valence electrons. The molecule has 2 rings (SSSR count). The van der Waals surface area contributed by atoms with Gasteiger partial charge >= 0.3 is 0 Å². The van der Waals surface area contributed by atoms with Crippen molar-refractivity contribution in [3.63, 3.8) is 0 Å². The summed E-state index contributed by atoms with van der Waals surface area (Å²) >= 11 is 0. The molecule has 1 N–H and O–H groups in total. The van der Waals surface area contributed by atoms with E-state index in [0.29, 0.717) is 11.4 Å². The lowest BCUT2D eigenvalue weighted by molar-refractivity contribution is 0.598. The third kappa shape index (κ3) is 3.34. The van der Waals surface area contributed by atoms with Crippen molar-refractivity contribution in [1.82, 2.24) is 0 Å². The normalized spacial score (nSPS) is 11.5. The highest BCUT2D eigenvalue weighted by molar-refractivity contribution is 5.99. The van der Waals surface area contributed by atoms with Gasteiger partial charge in [-0.05, 0) is 49.4 Å². The first-order valence-corrected chi connectivity index (χ1v) is 5.57. The summed E-state index contributed by atoms with van der Waals surface area (Å²) in [5.41, 5.74) is 3.57. The van der Waals surface area contributed by atoms with E-state index in [0.717, 1.165) is 18.2 Å². The van der Waals surface area contributed by atoms with Crippen LogP contribution in [0.4, 0.5) is 18.9 Å². The van der Waals surface area contributed by atoms with Crippen LogP contribution in [0.5, 0.6) is 0 Å². The molecule has 0 aliphatic carbocycles. The topological polar surface area (TPSA) is 24.4 Å². The maximum absolute atomic E-state index is 13.5. The lowest BCUT2D eigenvalue weighted by Gasteiger charge is -2.05. The van der Waals surface area contributed by atoms with Crippen LogP contribution in [0.25, 0.3) is 0 Å². The molecule has 0 saturated carbocycles. The molecule has 5 heteroatoms. The van der Waals surface area contributed by atoms with Crippen molar-refractivity contribution in [2.45, 2.75) is 6.92 Å².